The lowest BCUT2D eigenvalue weighted by molar-refractivity contribution is -0.132. The number of rotatable bonds is 5. The Balaban J connectivity index is 1.30. The predicted octanol–water partition coefficient (Wildman–Crippen LogP) is 3.17. The molecule has 0 radical (unpaired) electrons. The summed E-state index contributed by atoms with van der Waals surface area (Å²) in [7, 11) is 0. The van der Waals surface area contributed by atoms with Gasteiger partial charge in [-0.3, -0.25) is 9.78 Å². The zero-order chi connectivity index (χ0) is 19.3. The monoisotopic (exact) mass is 377 g/mol. The van der Waals surface area contributed by atoms with E-state index in [0.717, 1.165) is 38.0 Å². The third-order valence-electron chi connectivity index (χ3n) is 5.11. The molecule has 144 valence electrons. The maximum absolute atomic E-state index is 12.5. The van der Waals surface area contributed by atoms with Crippen molar-refractivity contribution in [2.24, 2.45) is 0 Å². The summed E-state index contributed by atoms with van der Waals surface area (Å²) in [6, 6.07) is 10.1. The average Bonchev–Trinajstić information content (AvgIpc) is 3.24. The normalized spacial score (nSPS) is 15.0. The third kappa shape index (κ3) is 4.24. The minimum atomic E-state index is 0.179. The van der Waals surface area contributed by atoms with Crippen molar-refractivity contribution in [3.8, 4) is 11.6 Å². The van der Waals surface area contributed by atoms with Crippen LogP contribution >= 0.6 is 0 Å². The average molecular weight is 377 g/mol. The lowest BCUT2D eigenvalue weighted by Gasteiger charge is -2.30. The number of likely N-dealkylation sites (tertiary alicyclic amines) is 1. The van der Waals surface area contributed by atoms with E-state index >= 15 is 0 Å². The van der Waals surface area contributed by atoms with Crippen molar-refractivity contribution in [1.29, 1.82) is 0 Å². The van der Waals surface area contributed by atoms with E-state index < -0.39 is 0 Å². The molecule has 1 amide bonds. The van der Waals surface area contributed by atoms with Gasteiger partial charge in [0.25, 0.3) is 5.89 Å². The smallest absolute Gasteiger partial charge is 0.267 e. The first-order valence-corrected chi connectivity index (χ1v) is 9.63. The van der Waals surface area contributed by atoms with Crippen molar-refractivity contribution in [2.45, 2.75) is 38.5 Å². The number of amides is 1. The number of hydrogen-bond acceptors (Lipinski definition) is 6. The third-order valence-corrected chi connectivity index (χ3v) is 5.11. The molecule has 0 saturated carbocycles. The van der Waals surface area contributed by atoms with E-state index in [2.05, 4.69) is 32.3 Å². The first-order valence-electron chi connectivity index (χ1n) is 9.63. The van der Waals surface area contributed by atoms with Crippen molar-refractivity contribution >= 4 is 5.91 Å². The van der Waals surface area contributed by atoms with Crippen molar-refractivity contribution in [2.75, 3.05) is 13.1 Å². The second kappa shape index (κ2) is 8.29. The molecule has 0 spiro atoms. The molecule has 1 aliphatic heterocycles. The van der Waals surface area contributed by atoms with Crippen molar-refractivity contribution in [3.63, 3.8) is 0 Å². The highest BCUT2D eigenvalue weighted by Gasteiger charge is 2.27. The Hall–Kier alpha value is -3.09. The van der Waals surface area contributed by atoms with E-state index in [1.165, 1.54) is 5.56 Å². The van der Waals surface area contributed by atoms with Gasteiger partial charge in [-0.05, 0) is 31.7 Å². The molecule has 7 heteroatoms. The molecule has 0 unspecified atom stereocenters. The number of carbonyl (C=O) groups excluding carboxylic acids is 1. The highest BCUT2D eigenvalue weighted by Crippen LogP contribution is 2.29. The Morgan fingerprint density at radius 1 is 1.11 bits per heavy atom. The van der Waals surface area contributed by atoms with Crippen LogP contribution in [-0.4, -0.2) is 44.1 Å². The summed E-state index contributed by atoms with van der Waals surface area (Å²) < 4.78 is 5.82. The molecule has 1 fully saturated rings. The first kappa shape index (κ1) is 18.3. The SMILES string of the molecule is Cc1cnc(-c2nnc(C3CCN(C(=O)CCc4ccccc4)CC3)o2)cn1. The topological polar surface area (TPSA) is 85.0 Å². The molecule has 0 aliphatic carbocycles. The summed E-state index contributed by atoms with van der Waals surface area (Å²) >= 11 is 0. The summed E-state index contributed by atoms with van der Waals surface area (Å²) in [5.41, 5.74) is 2.62. The van der Waals surface area contributed by atoms with Crippen LogP contribution in [0.3, 0.4) is 0 Å². The quantitative estimate of drug-likeness (QED) is 0.679. The van der Waals surface area contributed by atoms with Crippen LogP contribution < -0.4 is 0 Å². The van der Waals surface area contributed by atoms with Gasteiger partial charge in [0, 0.05) is 31.6 Å². The van der Waals surface area contributed by atoms with Crippen molar-refractivity contribution in [3.05, 3.63) is 59.9 Å². The lowest BCUT2D eigenvalue weighted by Crippen LogP contribution is -2.38. The molecule has 1 aromatic carbocycles. The maximum Gasteiger partial charge on any atom is 0.267 e. The Kier molecular flexibility index (Phi) is 5.41. The van der Waals surface area contributed by atoms with Crippen LogP contribution in [0.5, 0.6) is 0 Å². The van der Waals surface area contributed by atoms with Gasteiger partial charge in [0.2, 0.25) is 11.8 Å². The summed E-state index contributed by atoms with van der Waals surface area (Å²) in [5.74, 6) is 1.40. The van der Waals surface area contributed by atoms with Crippen LogP contribution in [-0.2, 0) is 11.2 Å². The number of aryl methyl sites for hydroxylation is 2. The largest absolute Gasteiger partial charge is 0.419 e. The number of hydrogen-bond donors (Lipinski definition) is 0. The zero-order valence-corrected chi connectivity index (χ0v) is 15.9. The Labute approximate surface area is 163 Å². The van der Waals surface area contributed by atoms with Crippen LogP contribution in [0, 0.1) is 6.92 Å². The summed E-state index contributed by atoms with van der Waals surface area (Å²) in [5, 5.41) is 8.31. The molecular formula is C21H23N5O2. The molecule has 0 bridgehead atoms. The van der Waals surface area contributed by atoms with E-state index in [4.69, 9.17) is 4.42 Å². The Morgan fingerprint density at radius 3 is 2.61 bits per heavy atom. The molecule has 2 aromatic heterocycles. The highest BCUT2D eigenvalue weighted by molar-refractivity contribution is 5.76. The fourth-order valence-electron chi connectivity index (χ4n) is 3.44. The van der Waals surface area contributed by atoms with Gasteiger partial charge in [0.05, 0.1) is 11.9 Å². The highest BCUT2D eigenvalue weighted by atomic mass is 16.4. The summed E-state index contributed by atoms with van der Waals surface area (Å²) in [6.45, 7) is 3.33. The van der Waals surface area contributed by atoms with Crippen LogP contribution in [0.25, 0.3) is 11.6 Å². The van der Waals surface area contributed by atoms with Gasteiger partial charge in [0.15, 0.2) is 0 Å². The predicted molar refractivity (Wildman–Crippen MR) is 103 cm³/mol. The van der Waals surface area contributed by atoms with Crippen molar-refractivity contribution < 1.29 is 9.21 Å². The first-order chi connectivity index (χ1) is 13.7. The molecule has 4 rings (SSSR count). The number of carbonyl (C=O) groups is 1. The minimum Gasteiger partial charge on any atom is -0.419 e. The van der Waals surface area contributed by atoms with Gasteiger partial charge in [-0.25, -0.2) is 4.98 Å². The molecular weight excluding hydrogens is 354 g/mol. The molecule has 1 aliphatic rings. The second-order valence-electron chi connectivity index (χ2n) is 7.13. The number of piperidine rings is 1. The number of nitrogens with zero attached hydrogens (tertiary/aromatic N) is 5. The van der Waals surface area contributed by atoms with Gasteiger partial charge in [-0.2, -0.15) is 0 Å². The van der Waals surface area contributed by atoms with E-state index in [-0.39, 0.29) is 11.8 Å². The Bertz CT molecular complexity index is 915. The molecule has 28 heavy (non-hydrogen) atoms. The van der Waals surface area contributed by atoms with Crippen molar-refractivity contribution in [1.82, 2.24) is 25.1 Å². The van der Waals surface area contributed by atoms with E-state index in [1.54, 1.807) is 12.4 Å². The number of benzene rings is 1. The van der Waals surface area contributed by atoms with Crippen LogP contribution in [0.1, 0.15) is 42.3 Å². The lowest BCUT2D eigenvalue weighted by atomic mass is 9.96. The molecule has 3 aromatic rings. The molecule has 3 heterocycles. The minimum absolute atomic E-state index is 0.179. The van der Waals surface area contributed by atoms with E-state index in [1.807, 2.05) is 30.0 Å². The maximum atomic E-state index is 12.5. The fraction of sp³-hybridized carbons (Fsp3) is 0.381. The van der Waals surface area contributed by atoms with Crippen LogP contribution in [0.15, 0.2) is 47.1 Å². The molecule has 1 saturated heterocycles. The molecule has 7 nitrogen and oxygen atoms in total. The van der Waals surface area contributed by atoms with Gasteiger partial charge in [-0.1, -0.05) is 30.3 Å². The standard InChI is InChI=1S/C21H23N5O2/c1-15-13-23-18(14-22-15)21-25-24-20(28-21)17-9-11-26(12-10-17)19(27)8-7-16-5-3-2-4-6-16/h2-6,13-14,17H,7-12H2,1H3. The van der Waals surface area contributed by atoms with Crippen LogP contribution in [0.2, 0.25) is 0 Å². The molecule has 0 N–H and O–H groups in total. The van der Waals surface area contributed by atoms with E-state index in [9.17, 15) is 4.79 Å². The fourth-order valence-corrected chi connectivity index (χ4v) is 3.44. The van der Waals surface area contributed by atoms with Gasteiger partial charge in [0.1, 0.15) is 5.69 Å². The summed E-state index contributed by atoms with van der Waals surface area (Å²) in [4.78, 5) is 22.9. The van der Waals surface area contributed by atoms with Gasteiger partial charge < -0.3 is 9.32 Å². The summed E-state index contributed by atoms with van der Waals surface area (Å²) in [6.07, 6.45) is 6.31. The van der Waals surface area contributed by atoms with Crippen LogP contribution in [0.4, 0.5) is 0 Å². The second-order valence-corrected chi connectivity index (χ2v) is 7.13. The zero-order valence-electron chi connectivity index (χ0n) is 15.9. The molecule has 0 atom stereocenters. The van der Waals surface area contributed by atoms with Gasteiger partial charge >= 0.3 is 0 Å². The number of aromatic nitrogens is 4. The Morgan fingerprint density at radius 2 is 1.89 bits per heavy atom. The van der Waals surface area contributed by atoms with Gasteiger partial charge in [-0.15, -0.1) is 10.2 Å². The van der Waals surface area contributed by atoms with E-state index in [0.29, 0.717) is 23.9 Å².